The van der Waals surface area contributed by atoms with Gasteiger partial charge in [0.2, 0.25) is 5.95 Å². The van der Waals surface area contributed by atoms with Crippen molar-refractivity contribution in [2.24, 2.45) is 5.73 Å². The summed E-state index contributed by atoms with van der Waals surface area (Å²) >= 11 is 0. The lowest BCUT2D eigenvalue weighted by atomic mass is 10.1. The van der Waals surface area contributed by atoms with Crippen LogP contribution in [0.2, 0.25) is 0 Å². The number of allylic oxidation sites excluding steroid dienone is 3. The van der Waals surface area contributed by atoms with Gasteiger partial charge >= 0.3 is 0 Å². The van der Waals surface area contributed by atoms with Gasteiger partial charge in [0.1, 0.15) is 23.1 Å². The number of hydrogen-bond donors (Lipinski definition) is 2. The van der Waals surface area contributed by atoms with Crippen molar-refractivity contribution in [3.05, 3.63) is 60.4 Å². The van der Waals surface area contributed by atoms with E-state index in [9.17, 15) is 4.39 Å². The topological polar surface area (TPSA) is 100 Å². The molecule has 2 aromatic heterocycles. The zero-order valence-electron chi connectivity index (χ0n) is 16.6. The molecule has 2 aromatic rings. The van der Waals surface area contributed by atoms with Gasteiger partial charge in [0.15, 0.2) is 5.82 Å². The predicted molar refractivity (Wildman–Crippen MR) is 108 cm³/mol. The summed E-state index contributed by atoms with van der Waals surface area (Å²) in [6.45, 7) is 6.85. The molecule has 0 spiro atoms. The first-order valence-electron chi connectivity index (χ1n) is 9.29. The third kappa shape index (κ3) is 4.80. The number of ether oxygens (including phenoxy) is 2. The summed E-state index contributed by atoms with van der Waals surface area (Å²) in [5.74, 6) is 1.18. The van der Waals surface area contributed by atoms with E-state index in [1.165, 1.54) is 7.11 Å². The molecule has 1 aliphatic heterocycles. The van der Waals surface area contributed by atoms with E-state index in [1.54, 1.807) is 24.4 Å². The molecule has 1 aliphatic rings. The van der Waals surface area contributed by atoms with E-state index in [0.717, 1.165) is 24.9 Å². The minimum atomic E-state index is -0.532. The van der Waals surface area contributed by atoms with E-state index >= 15 is 0 Å². The van der Waals surface area contributed by atoms with Crippen LogP contribution in [0.15, 0.2) is 48.8 Å². The molecule has 0 bridgehead atoms. The van der Waals surface area contributed by atoms with E-state index in [2.05, 4.69) is 26.8 Å². The van der Waals surface area contributed by atoms with Crippen molar-refractivity contribution in [3.63, 3.8) is 0 Å². The Bertz CT molecular complexity index is 931. The first-order chi connectivity index (χ1) is 14.0. The number of nitrogens with two attached hydrogens (primary N) is 1. The molecule has 0 unspecified atom stereocenters. The quantitative estimate of drug-likeness (QED) is 0.544. The molecule has 0 saturated carbocycles. The maximum Gasteiger partial charge on any atom is 0.229 e. The highest BCUT2D eigenvalue weighted by Crippen LogP contribution is 2.30. The van der Waals surface area contributed by atoms with E-state index in [1.807, 2.05) is 11.5 Å². The summed E-state index contributed by atoms with van der Waals surface area (Å²) in [5.41, 5.74) is 6.74. The van der Waals surface area contributed by atoms with Crippen LogP contribution in [-0.4, -0.2) is 39.8 Å². The molecular formula is C20H25FN6O2. The van der Waals surface area contributed by atoms with Crippen molar-refractivity contribution in [2.45, 2.75) is 25.8 Å². The second kappa shape index (κ2) is 9.33. The lowest BCUT2D eigenvalue weighted by molar-refractivity contribution is 0.0694. The Balaban J connectivity index is 1.92. The average Bonchev–Trinajstić information content (AvgIpc) is 3.11. The molecule has 3 heterocycles. The van der Waals surface area contributed by atoms with Crippen molar-refractivity contribution in [2.75, 3.05) is 25.6 Å². The monoisotopic (exact) mass is 400 g/mol. The van der Waals surface area contributed by atoms with E-state index < -0.39 is 5.82 Å². The van der Waals surface area contributed by atoms with Gasteiger partial charge in [0.25, 0.3) is 0 Å². The number of methoxy groups -OCH3 is 1. The van der Waals surface area contributed by atoms with Crippen molar-refractivity contribution in [1.82, 2.24) is 19.5 Å². The molecule has 154 valence electrons. The number of aryl methyl sites for hydroxylation is 1. The fourth-order valence-electron chi connectivity index (χ4n) is 3.25. The highest BCUT2D eigenvalue weighted by Gasteiger charge is 2.23. The number of rotatable bonds is 7. The third-order valence-corrected chi connectivity index (χ3v) is 4.60. The van der Waals surface area contributed by atoms with Gasteiger partial charge in [-0.2, -0.15) is 0 Å². The lowest BCUT2D eigenvalue weighted by Crippen LogP contribution is -2.21. The summed E-state index contributed by atoms with van der Waals surface area (Å²) in [5, 5.41) is 2.85. The van der Waals surface area contributed by atoms with Gasteiger partial charge < -0.3 is 25.1 Å². The first kappa shape index (κ1) is 20.5. The SMILES string of the molecule is C=C/C=C(\C=C(/N)Nc1ncc(F)c(-c2cnc(C)n2C2CCOCC2)n1)OC. The van der Waals surface area contributed by atoms with Gasteiger partial charge in [0, 0.05) is 25.3 Å². The molecule has 0 amide bonds. The van der Waals surface area contributed by atoms with Crippen molar-refractivity contribution in [3.8, 4) is 11.4 Å². The highest BCUT2D eigenvalue weighted by atomic mass is 19.1. The Morgan fingerprint density at radius 2 is 2.14 bits per heavy atom. The third-order valence-electron chi connectivity index (χ3n) is 4.60. The summed E-state index contributed by atoms with van der Waals surface area (Å²) in [6, 6.07) is 0.185. The fourth-order valence-corrected chi connectivity index (χ4v) is 3.25. The number of anilines is 1. The van der Waals surface area contributed by atoms with Gasteiger partial charge in [-0.15, -0.1) is 0 Å². The Kier molecular flexibility index (Phi) is 6.61. The fraction of sp³-hybridized carbons (Fsp3) is 0.350. The van der Waals surface area contributed by atoms with E-state index in [4.69, 9.17) is 15.2 Å². The molecule has 0 aliphatic carbocycles. The van der Waals surface area contributed by atoms with E-state index in [0.29, 0.717) is 24.7 Å². The van der Waals surface area contributed by atoms with Gasteiger partial charge in [-0.3, -0.25) is 0 Å². The van der Waals surface area contributed by atoms with Gasteiger partial charge in [-0.1, -0.05) is 12.7 Å². The normalized spacial score (nSPS) is 16.0. The molecule has 3 N–H and O–H groups in total. The van der Waals surface area contributed by atoms with Crippen LogP contribution < -0.4 is 11.1 Å². The summed E-state index contributed by atoms with van der Waals surface area (Å²) in [6.07, 6.45) is 9.22. The van der Waals surface area contributed by atoms with Crippen molar-refractivity contribution < 1.29 is 13.9 Å². The minimum absolute atomic E-state index is 0.163. The van der Waals surface area contributed by atoms with Gasteiger partial charge in [0.05, 0.1) is 25.2 Å². The van der Waals surface area contributed by atoms with Gasteiger partial charge in [-0.05, 0) is 25.8 Å². The number of hydrogen-bond acceptors (Lipinski definition) is 7. The summed E-state index contributed by atoms with van der Waals surface area (Å²) in [7, 11) is 1.52. The second-order valence-corrected chi connectivity index (χ2v) is 6.53. The molecule has 8 nitrogen and oxygen atoms in total. The maximum atomic E-state index is 14.6. The Morgan fingerprint density at radius 1 is 1.38 bits per heavy atom. The van der Waals surface area contributed by atoms with Crippen LogP contribution in [-0.2, 0) is 9.47 Å². The summed E-state index contributed by atoms with van der Waals surface area (Å²) < 4.78 is 27.2. The number of aromatic nitrogens is 4. The Hall–Kier alpha value is -3.20. The highest BCUT2D eigenvalue weighted by molar-refractivity contribution is 5.57. The minimum Gasteiger partial charge on any atom is -0.497 e. The lowest BCUT2D eigenvalue weighted by Gasteiger charge is -2.26. The van der Waals surface area contributed by atoms with Gasteiger partial charge in [-0.25, -0.2) is 19.3 Å². The van der Waals surface area contributed by atoms with Crippen LogP contribution in [0.3, 0.4) is 0 Å². The number of halogens is 1. The first-order valence-corrected chi connectivity index (χ1v) is 9.29. The standard InChI is InChI=1S/C20H25FN6O2/c1-4-5-15(28-3)10-18(22)25-20-24-11-16(21)19(26-20)17-12-23-13(2)27(17)14-6-8-29-9-7-14/h4-5,10-12,14H,1,6-9,22H2,2-3H3,(H,24,25,26)/b15-5+,18-10+. The average molecular weight is 400 g/mol. The van der Waals surface area contributed by atoms with E-state index in [-0.39, 0.29) is 23.5 Å². The van der Waals surface area contributed by atoms with Crippen LogP contribution in [0.4, 0.5) is 10.3 Å². The molecule has 0 aromatic carbocycles. The zero-order valence-corrected chi connectivity index (χ0v) is 16.6. The molecule has 9 heteroatoms. The molecule has 29 heavy (non-hydrogen) atoms. The second-order valence-electron chi connectivity index (χ2n) is 6.53. The van der Waals surface area contributed by atoms with Crippen LogP contribution in [0, 0.1) is 12.7 Å². The molecule has 0 radical (unpaired) electrons. The summed E-state index contributed by atoms with van der Waals surface area (Å²) in [4.78, 5) is 12.7. The Labute approximate surface area is 169 Å². The molecular weight excluding hydrogens is 375 g/mol. The van der Waals surface area contributed by atoms with Crippen LogP contribution in [0.5, 0.6) is 0 Å². The van der Waals surface area contributed by atoms with Crippen LogP contribution >= 0.6 is 0 Å². The largest absolute Gasteiger partial charge is 0.497 e. The van der Waals surface area contributed by atoms with Crippen LogP contribution in [0.1, 0.15) is 24.7 Å². The van der Waals surface area contributed by atoms with Crippen molar-refractivity contribution in [1.29, 1.82) is 0 Å². The smallest absolute Gasteiger partial charge is 0.229 e. The predicted octanol–water partition coefficient (Wildman–Crippen LogP) is 3.07. The molecule has 0 atom stereocenters. The number of imidazole rings is 1. The van der Waals surface area contributed by atoms with Crippen molar-refractivity contribution >= 4 is 5.95 Å². The molecule has 1 saturated heterocycles. The number of nitrogens with one attached hydrogen (secondary N) is 1. The molecule has 1 fully saturated rings. The maximum absolute atomic E-state index is 14.6. The molecule has 3 rings (SSSR count). The number of nitrogens with zero attached hydrogens (tertiary/aromatic N) is 4. The zero-order chi connectivity index (χ0) is 20.8. The Morgan fingerprint density at radius 3 is 2.83 bits per heavy atom. The van der Waals surface area contributed by atoms with Crippen LogP contribution in [0.25, 0.3) is 11.4 Å².